The summed E-state index contributed by atoms with van der Waals surface area (Å²) < 4.78 is 0. The van der Waals surface area contributed by atoms with Gasteiger partial charge < -0.3 is 10.2 Å². The zero-order valence-electron chi connectivity index (χ0n) is 14.1. The Morgan fingerprint density at radius 3 is 2.48 bits per heavy atom. The third kappa shape index (κ3) is 5.32. The van der Waals surface area contributed by atoms with Gasteiger partial charge in [0, 0.05) is 18.7 Å². The Morgan fingerprint density at radius 2 is 1.78 bits per heavy atom. The predicted molar refractivity (Wildman–Crippen MR) is 92.5 cm³/mol. The molecule has 2 rings (SSSR count). The number of carbonyl (C=O) groups is 1. The number of unbranched alkanes of at least 4 members (excludes halogenated alkanes) is 2. The Bertz CT molecular complexity index is 602. The molecule has 23 heavy (non-hydrogen) atoms. The summed E-state index contributed by atoms with van der Waals surface area (Å²) in [5, 5.41) is 13.6. The number of benzene rings is 1. The molecule has 0 saturated carbocycles. The van der Waals surface area contributed by atoms with Crippen LogP contribution in [0.2, 0.25) is 0 Å². The van der Waals surface area contributed by atoms with E-state index in [2.05, 4.69) is 39.5 Å². The normalized spacial score (nSPS) is 11.3. The largest absolute Gasteiger partial charge is 0.351 e. The van der Waals surface area contributed by atoms with Gasteiger partial charge in [0.15, 0.2) is 0 Å². The number of fused-ring (bicyclic) bond motifs is 1. The average Bonchev–Trinajstić information content (AvgIpc) is 3.04. The van der Waals surface area contributed by atoms with Crippen molar-refractivity contribution in [2.45, 2.75) is 39.5 Å². The van der Waals surface area contributed by atoms with Crippen LogP contribution in [0.4, 0.5) is 0 Å². The second-order valence-corrected chi connectivity index (χ2v) is 5.83. The maximum Gasteiger partial charge on any atom is 0.251 e. The molecule has 0 fully saturated rings. The lowest BCUT2D eigenvalue weighted by Crippen LogP contribution is -2.36. The molecule has 0 unspecified atom stereocenters. The van der Waals surface area contributed by atoms with Crippen molar-refractivity contribution in [3.63, 3.8) is 0 Å². The fraction of sp³-hybridized carbons (Fsp3) is 0.588. The zero-order chi connectivity index (χ0) is 16.5. The highest BCUT2D eigenvalue weighted by Gasteiger charge is 2.09. The van der Waals surface area contributed by atoms with Crippen molar-refractivity contribution in [3.8, 4) is 0 Å². The van der Waals surface area contributed by atoms with Crippen LogP contribution < -0.4 is 5.32 Å². The van der Waals surface area contributed by atoms with Gasteiger partial charge in [-0.3, -0.25) is 4.79 Å². The minimum atomic E-state index is -0.0548. The molecule has 2 aromatic rings. The number of aromatic nitrogens is 3. The average molecular weight is 317 g/mol. The van der Waals surface area contributed by atoms with Crippen molar-refractivity contribution in [1.82, 2.24) is 25.6 Å². The number of hydrogen-bond donors (Lipinski definition) is 2. The van der Waals surface area contributed by atoms with Crippen LogP contribution >= 0.6 is 0 Å². The molecule has 0 aliphatic carbocycles. The molecule has 2 N–H and O–H groups in total. The van der Waals surface area contributed by atoms with E-state index < -0.39 is 0 Å². The molecule has 0 atom stereocenters. The molecule has 0 aliphatic rings. The standard InChI is InChI=1S/C17H27N5O/c1-3-5-10-22(11-6-4-2)12-9-18-17(23)14-7-8-15-16(13-14)20-21-19-15/h7-8,13H,3-6,9-12H2,1-2H3,(H,18,23)(H,19,20,21). The van der Waals surface area contributed by atoms with E-state index in [0.29, 0.717) is 17.6 Å². The summed E-state index contributed by atoms with van der Waals surface area (Å²) >= 11 is 0. The van der Waals surface area contributed by atoms with E-state index in [1.165, 1.54) is 25.7 Å². The molecule has 0 radical (unpaired) electrons. The molecule has 1 heterocycles. The topological polar surface area (TPSA) is 73.9 Å². The lowest BCUT2D eigenvalue weighted by Gasteiger charge is -2.22. The van der Waals surface area contributed by atoms with E-state index in [4.69, 9.17) is 0 Å². The van der Waals surface area contributed by atoms with Gasteiger partial charge in [-0.05, 0) is 44.1 Å². The van der Waals surface area contributed by atoms with Gasteiger partial charge in [0.2, 0.25) is 0 Å². The molecule has 0 saturated heterocycles. The molecule has 0 aliphatic heterocycles. The van der Waals surface area contributed by atoms with E-state index in [0.717, 1.165) is 25.2 Å². The second-order valence-electron chi connectivity index (χ2n) is 5.83. The smallest absolute Gasteiger partial charge is 0.251 e. The SMILES string of the molecule is CCCCN(CCCC)CCNC(=O)c1ccc2n[nH]nc2c1. The van der Waals surface area contributed by atoms with Crippen LogP contribution in [0.3, 0.4) is 0 Å². The van der Waals surface area contributed by atoms with Gasteiger partial charge in [-0.15, -0.1) is 0 Å². The van der Waals surface area contributed by atoms with E-state index >= 15 is 0 Å². The van der Waals surface area contributed by atoms with Gasteiger partial charge in [0.25, 0.3) is 5.91 Å². The minimum absolute atomic E-state index is 0.0548. The summed E-state index contributed by atoms with van der Waals surface area (Å²) in [6.07, 6.45) is 4.82. The summed E-state index contributed by atoms with van der Waals surface area (Å²) in [6.45, 7) is 8.20. The van der Waals surface area contributed by atoms with E-state index in [-0.39, 0.29) is 5.91 Å². The molecular formula is C17H27N5O. The van der Waals surface area contributed by atoms with Crippen LogP contribution in [-0.4, -0.2) is 52.4 Å². The lowest BCUT2D eigenvalue weighted by molar-refractivity contribution is 0.0948. The van der Waals surface area contributed by atoms with Crippen molar-refractivity contribution >= 4 is 16.9 Å². The van der Waals surface area contributed by atoms with Gasteiger partial charge in [0.05, 0.1) is 0 Å². The molecule has 1 aromatic heterocycles. The number of H-pyrrole nitrogens is 1. The first-order chi connectivity index (χ1) is 11.2. The first-order valence-electron chi connectivity index (χ1n) is 8.55. The molecular weight excluding hydrogens is 290 g/mol. The van der Waals surface area contributed by atoms with Crippen molar-refractivity contribution in [2.75, 3.05) is 26.2 Å². The molecule has 6 nitrogen and oxygen atoms in total. The van der Waals surface area contributed by atoms with Crippen LogP contribution in [0.1, 0.15) is 49.9 Å². The zero-order valence-corrected chi connectivity index (χ0v) is 14.1. The first kappa shape index (κ1) is 17.4. The van der Waals surface area contributed by atoms with E-state index in [1.807, 2.05) is 6.07 Å². The number of nitrogens with one attached hydrogen (secondary N) is 2. The molecule has 126 valence electrons. The Balaban J connectivity index is 1.81. The maximum absolute atomic E-state index is 12.2. The summed E-state index contributed by atoms with van der Waals surface area (Å²) in [5.41, 5.74) is 2.11. The van der Waals surface area contributed by atoms with Crippen molar-refractivity contribution in [3.05, 3.63) is 23.8 Å². The highest BCUT2D eigenvalue weighted by Crippen LogP contribution is 2.10. The number of rotatable bonds is 10. The van der Waals surface area contributed by atoms with Crippen molar-refractivity contribution in [1.29, 1.82) is 0 Å². The van der Waals surface area contributed by atoms with E-state index in [9.17, 15) is 4.79 Å². The Hall–Kier alpha value is -1.95. The second kappa shape index (κ2) is 9.25. The Labute approximate surface area is 137 Å². The highest BCUT2D eigenvalue weighted by atomic mass is 16.1. The number of aromatic amines is 1. The molecule has 0 bridgehead atoms. The van der Waals surface area contributed by atoms with Crippen LogP contribution in [0.15, 0.2) is 18.2 Å². The molecule has 0 spiro atoms. The number of hydrogen-bond acceptors (Lipinski definition) is 4. The van der Waals surface area contributed by atoms with Gasteiger partial charge >= 0.3 is 0 Å². The summed E-state index contributed by atoms with van der Waals surface area (Å²) in [4.78, 5) is 14.7. The monoisotopic (exact) mass is 317 g/mol. The third-order valence-corrected chi connectivity index (χ3v) is 3.95. The molecule has 1 aromatic carbocycles. The maximum atomic E-state index is 12.2. The van der Waals surface area contributed by atoms with Gasteiger partial charge in [-0.1, -0.05) is 26.7 Å². The quantitative estimate of drug-likeness (QED) is 0.706. The number of nitrogens with zero attached hydrogens (tertiary/aromatic N) is 3. The van der Waals surface area contributed by atoms with Gasteiger partial charge in [0.1, 0.15) is 11.0 Å². The van der Waals surface area contributed by atoms with E-state index in [1.54, 1.807) is 12.1 Å². The van der Waals surface area contributed by atoms with Crippen LogP contribution in [-0.2, 0) is 0 Å². The molecule has 6 heteroatoms. The van der Waals surface area contributed by atoms with Gasteiger partial charge in [-0.2, -0.15) is 15.4 Å². The number of amides is 1. The molecule has 1 amide bonds. The van der Waals surface area contributed by atoms with Crippen LogP contribution in [0.25, 0.3) is 11.0 Å². The Kier molecular flexibility index (Phi) is 7.00. The van der Waals surface area contributed by atoms with Crippen LogP contribution in [0.5, 0.6) is 0 Å². The fourth-order valence-corrected chi connectivity index (χ4v) is 2.51. The predicted octanol–water partition coefficient (Wildman–Crippen LogP) is 2.59. The summed E-state index contributed by atoms with van der Waals surface area (Å²) in [6, 6.07) is 5.36. The van der Waals surface area contributed by atoms with Crippen LogP contribution in [0, 0.1) is 0 Å². The lowest BCUT2D eigenvalue weighted by atomic mass is 10.2. The summed E-state index contributed by atoms with van der Waals surface area (Å²) in [7, 11) is 0. The van der Waals surface area contributed by atoms with Crippen molar-refractivity contribution < 1.29 is 4.79 Å². The minimum Gasteiger partial charge on any atom is -0.351 e. The Morgan fingerprint density at radius 1 is 1.09 bits per heavy atom. The number of carbonyl (C=O) groups excluding carboxylic acids is 1. The van der Waals surface area contributed by atoms with Gasteiger partial charge in [-0.25, -0.2) is 0 Å². The third-order valence-electron chi connectivity index (χ3n) is 3.95. The highest BCUT2D eigenvalue weighted by molar-refractivity contribution is 5.97. The summed E-state index contributed by atoms with van der Waals surface area (Å²) in [5.74, 6) is -0.0548. The van der Waals surface area contributed by atoms with Crippen molar-refractivity contribution in [2.24, 2.45) is 0 Å². The first-order valence-corrected chi connectivity index (χ1v) is 8.55. The fourth-order valence-electron chi connectivity index (χ4n) is 2.51.